The lowest BCUT2D eigenvalue weighted by atomic mass is 9.99. The summed E-state index contributed by atoms with van der Waals surface area (Å²) in [6.45, 7) is 2.20. The fraction of sp³-hybridized carbons (Fsp3) is 0.818. The maximum absolute atomic E-state index is 11.1. The van der Waals surface area contributed by atoms with Gasteiger partial charge < -0.3 is 10.1 Å². The third kappa shape index (κ3) is 3.90. The van der Waals surface area contributed by atoms with Crippen LogP contribution in [-0.2, 0) is 9.53 Å². The van der Waals surface area contributed by atoms with E-state index in [-0.39, 0.29) is 12.4 Å². The van der Waals surface area contributed by atoms with Crippen LogP contribution in [0, 0.1) is 11.3 Å². The predicted octanol–water partition coefficient (Wildman–Crippen LogP) is 2.54. The van der Waals surface area contributed by atoms with Crippen LogP contribution in [-0.4, -0.2) is 18.3 Å². The van der Waals surface area contributed by atoms with E-state index in [0.29, 0.717) is 18.2 Å². The highest BCUT2D eigenvalue weighted by Crippen LogP contribution is 2.27. The molecule has 0 aliphatic heterocycles. The molecule has 1 aliphatic carbocycles. The van der Waals surface area contributed by atoms with E-state index in [9.17, 15) is 4.79 Å². The second kappa shape index (κ2) is 5.78. The highest BCUT2D eigenvalue weighted by Gasteiger charge is 2.18. The highest BCUT2D eigenvalue weighted by atomic mass is 16.5. The first-order valence-electron chi connectivity index (χ1n) is 5.44. The summed E-state index contributed by atoms with van der Waals surface area (Å²) in [7, 11) is 0. The van der Waals surface area contributed by atoms with Gasteiger partial charge in [-0.3, -0.25) is 4.79 Å². The molecule has 0 aromatic carbocycles. The normalized spacial score (nSPS) is 16.9. The predicted molar refractivity (Wildman–Crippen MR) is 55.6 cm³/mol. The molecular weight excluding hydrogens is 178 g/mol. The van der Waals surface area contributed by atoms with Crippen LogP contribution in [0.3, 0.4) is 0 Å². The zero-order valence-corrected chi connectivity index (χ0v) is 8.84. The maximum Gasteiger partial charge on any atom is 0.311 e. The van der Waals surface area contributed by atoms with Crippen LogP contribution in [0.15, 0.2) is 0 Å². The van der Waals surface area contributed by atoms with Crippen LogP contribution in [0.1, 0.15) is 45.4 Å². The summed E-state index contributed by atoms with van der Waals surface area (Å²) >= 11 is 0. The Balaban J connectivity index is 2.17. The standard InChI is InChI=1S/C11H19NO2/c1-2-14-11(13)8-10(12)7-9-5-3-4-6-9/h9,12H,2-8H2,1H3. The minimum atomic E-state index is -0.254. The van der Waals surface area contributed by atoms with E-state index in [1.165, 1.54) is 25.7 Å². The van der Waals surface area contributed by atoms with Crippen molar-refractivity contribution in [2.75, 3.05) is 6.61 Å². The lowest BCUT2D eigenvalue weighted by molar-refractivity contribution is -0.141. The first kappa shape index (κ1) is 11.2. The molecule has 0 bridgehead atoms. The fourth-order valence-electron chi connectivity index (χ4n) is 2.02. The average molecular weight is 197 g/mol. The number of nitrogens with one attached hydrogen (secondary N) is 1. The van der Waals surface area contributed by atoms with Crippen LogP contribution < -0.4 is 0 Å². The minimum absolute atomic E-state index is 0.185. The molecule has 0 atom stereocenters. The molecule has 3 nitrogen and oxygen atoms in total. The molecule has 14 heavy (non-hydrogen) atoms. The number of ether oxygens (including phenoxy) is 1. The van der Waals surface area contributed by atoms with E-state index in [2.05, 4.69) is 0 Å². The first-order valence-corrected chi connectivity index (χ1v) is 5.44. The number of esters is 1. The van der Waals surface area contributed by atoms with Gasteiger partial charge in [-0.1, -0.05) is 25.7 Å². The van der Waals surface area contributed by atoms with Crippen molar-refractivity contribution < 1.29 is 9.53 Å². The summed E-state index contributed by atoms with van der Waals surface area (Å²) in [4.78, 5) is 11.1. The van der Waals surface area contributed by atoms with Gasteiger partial charge in [0.05, 0.1) is 13.0 Å². The molecular formula is C11H19NO2. The highest BCUT2D eigenvalue weighted by molar-refractivity contribution is 5.97. The van der Waals surface area contributed by atoms with Crippen molar-refractivity contribution >= 4 is 11.7 Å². The van der Waals surface area contributed by atoms with Gasteiger partial charge in [-0.05, 0) is 19.3 Å². The number of carbonyl (C=O) groups is 1. The van der Waals surface area contributed by atoms with Gasteiger partial charge in [0.1, 0.15) is 0 Å². The summed E-state index contributed by atoms with van der Waals surface area (Å²) < 4.78 is 4.80. The van der Waals surface area contributed by atoms with Gasteiger partial charge in [-0.15, -0.1) is 0 Å². The summed E-state index contributed by atoms with van der Waals surface area (Å²) in [5.74, 6) is 0.396. The molecule has 1 saturated carbocycles. The van der Waals surface area contributed by atoms with E-state index in [1.54, 1.807) is 6.92 Å². The van der Waals surface area contributed by atoms with Crippen molar-refractivity contribution in [3.63, 3.8) is 0 Å². The second-order valence-electron chi connectivity index (χ2n) is 3.94. The lowest BCUT2D eigenvalue weighted by Gasteiger charge is -2.09. The lowest BCUT2D eigenvalue weighted by Crippen LogP contribution is -2.13. The molecule has 0 aromatic heterocycles. The number of hydrogen-bond donors (Lipinski definition) is 1. The molecule has 1 N–H and O–H groups in total. The quantitative estimate of drug-likeness (QED) is 0.544. The van der Waals surface area contributed by atoms with Gasteiger partial charge in [0, 0.05) is 5.71 Å². The second-order valence-corrected chi connectivity index (χ2v) is 3.94. The van der Waals surface area contributed by atoms with Crippen LogP contribution in [0.5, 0.6) is 0 Å². The van der Waals surface area contributed by atoms with E-state index < -0.39 is 0 Å². The Morgan fingerprint density at radius 2 is 2.07 bits per heavy atom. The van der Waals surface area contributed by atoms with Crippen molar-refractivity contribution in [3.05, 3.63) is 0 Å². The van der Waals surface area contributed by atoms with Gasteiger partial charge in [-0.25, -0.2) is 0 Å². The monoisotopic (exact) mass is 197 g/mol. The molecule has 3 heteroatoms. The molecule has 0 amide bonds. The minimum Gasteiger partial charge on any atom is -0.466 e. The van der Waals surface area contributed by atoms with E-state index in [0.717, 1.165) is 6.42 Å². The molecule has 1 aliphatic rings. The van der Waals surface area contributed by atoms with E-state index in [4.69, 9.17) is 10.1 Å². The van der Waals surface area contributed by atoms with Gasteiger partial charge in [0.25, 0.3) is 0 Å². The molecule has 0 heterocycles. The summed E-state index contributed by atoms with van der Waals surface area (Å²) in [6.07, 6.45) is 6.01. The number of hydrogen-bond acceptors (Lipinski definition) is 3. The van der Waals surface area contributed by atoms with Gasteiger partial charge in [0.2, 0.25) is 0 Å². The van der Waals surface area contributed by atoms with Gasteiger partial charge in [0.15, 0.2) is 0 Å². The Hall–Kier alpha value is -0.860. The summed E-state index contributed by atoms with van der Waals surface area (Å²) in [5, 5.41) is 7.66. The molecule has 1 rings (SSSR count). The van der Waals surface area contributed by atoms with Crippen molar-refractivity contribution in [3.8, 4) is 0 Å². The molecule has 0 saturated heterocycles. The third-order valence-electron chi connectivity index (χ3n) is 2.67. The third-order valence-corrected chi connectivity index (χ3v) is 2.67. The van der Waals surface area contributed by atoms with Crippen LogP contribution >= 0.6 is 0 Å². The van der Waals surface area contributed by atoms with Crippen molar-refractivity contribution in [1.29, 1.82) is 5.41 Å². The Bertz CT molecular complexity index is 207. The maximum atomic E-state index is 11.1. The Labute approximate surface area is 85.3 Å². The van der Waals surface area contributed by atoms with Crippen molar-refractivity contribution in [1.82, 2.24) is 0 Å². The van der Waals surface area contributed by atoms with Crippen molar-refractivity contribution in [2.24, 2.45) is 5.92 Å². The number of rotatable bonds is 5. The SMILES string of the molecule is CCOC(=O)CC(=N)CC1CCCC1. The Morgan fingerprint density at radius 1 is 1.43 bits per heavy atom. The van der Waals surface area contributed by atoms with Gasteiger partial charge >= 0.3 is 5.97 Å². The number of carbonyl (C=O) groups excluding carboxylic acids is 1. The van der Waals surface area contributed by atoms with Crippen LogP contribution in [0.25, 0.3) is 0 Å². The Morgan fingerprint density at radius 3 is 2.64 bits per heavy atom. The smallest absolute Gasteiger partial charge is 0.311 e. The molecule has 0 spiro atoms. The van der Waals surface area contributed by atoms with Gasteiger partial charge in [-0.2, -0.15) is 0 Å². The van der Waals surface area contributed by atoms with Crippen LogP contribution in [0.4, 0.5) is 0 Å². The zero-order valence-electron chi connectivity index (χ0n) is 8.84. The Kier molecular flexibility index (Phi) is 4.63. The molecule has 80 valence electrons. The van der Waals surface area contributed by atoms with Crippen LogP contribution in [0.2, 0.25) is 0 Å². The fourth-order valence-corrected chi connectivity index (χ4v) is 2.02. The molecule has 0 radical (unpaired) electrons. The topological polar surface area (TPSA) is 50.2 Å². The molecule has 1 fully saturated rings. The van der Waals surface area contributed by atoms with E-state index >= 15 is 0 Å². The van der Waals surface area contributed by atoms with E-state index in [1.807, 2.05) is 0 Å². The summed E-state index contributed by atoms with van der Waals surface area (Å²) in [6, 6.07) is 0. The zero-order chi connectivity index (χ0) is 10.4. The average Bonchev–Trinajstić information content (AvgIpc) is 2.56. The van der Waals surface area contributed by atoms with Crippen molar-refractivity contribution in [2.45, 2.75) is 45.4 Å². The largest absolute Gasteiger partial charge is 0.466 e. The molecule has 0 unspecified atom stereocenters. The first-order chi connectivity index (χ1) is 6.72. The molecule has 0 aromatic rings. The summed E-state index contributed by atoms with van der Waals surface area (Å²) in [5.41, 5.74) is 0.537.